The number of fused-ring (bicyclic) bond motifs is 1. The summed E-state index contributed by atoms with van der Waals surface area (Å²) >= 11 is 0. The van der Waals surface area contributed by atoms with Crippen LogP contribution in [0.1, 0.15) is 18.9 Å². The Labute approximate surface area is 157 Å². The summed E-state index contributed by atoms with van der Waals surface area (Å²) < 4.78 is 34.9. The van der Waals surface area contributed by atoms with Gasteiger partial charge < -0.3 is 19.9 Å². The molecule has 1 amide bonds. The lowest BCUT2D eigenvalue weighted by Crippen LogP contribution is -2.39. The number of carbonyl (C=O) groups is 1. The number of nitrogens with one attached hydrogen (secondary N) is 1. The minimum absolute atomic E-state index is 0.0587. The Hall–Kier alpha value is -2.58. The summed E-state index contributed by atoms with van der Waals surface area (Å²) in [6.07, 6.45) is -0.186. The molecule has 1 aliphatic rings. The van der Waals surface area contributed by atoms with Gasteiger partial charge in [-0.3, -0.25) is 4.79 Å². The number of rotatable bonds is 7. The Balaban J connectivity index is 1.55. The van der Waals surface area contributed by atoms with Crippen LogP contribution in [0.3, 0.4) is 0 Å². The first-order valence-corrected chi connectivity index (χ1v) is 10.1. The van der Waals surface area contributed by atoms with Gasteiger partial charge in [0.2, 0.25) is 12.7 Å². The van der Waals surface area contributed by atoms with Crippen molar-refractivity contribution in [3.05, 3.63) is 54.1 Å². The molecule has 0 aromatic heterocycles. The van der Waals surface area contributed by atoms with E-state index in [-0.39, 0.29) is 30.4 Å². The second-order valence-corrected chi connectivity index (χ2v) is 8.61. The fourth-order valence-corrected chi connectivity index (χ4v) is 3.93. The normalized spacial score (nSPS) is 15.2. The molecule has 7 nitrogen and oxygen atoms in total. The van der Waals surface area contributed by atoms with Gasteiger partial charge >= 0.3 is 0 Å². The van der Waals surface area contributed by atoms with Crippen LogP contribution in [0.5, 0.6) is 11.5 Å². The molecule has 1 aliphatic heterocycles. The summed E-state index contributed by atoms with van der Waals surface area (Å²) in [5.74, 6) is 0.392. The predicted molar refractivity (Wildman–Crippen MR) is 98.3 cm³/mol. The van der Waals surface area contributed by atoms with Crippen molar-refractivity contribution < 1.29 is 27.8 Å². The van der Waals surface area contributed by atoms with Gasteiger partial charge in [0.15, 0.2) is 21.3 Å². The third-order valence-electron chi connectivity index (χ3n) is 4.32. The quantitative estimate of drug-likeness (QED) is 0.743. The number of hydrogen-bond acceptors (Lipinski definition) is 6. The zero-order valence-electron chi connectivity index (χ0n) is 14.8. The first-order valence-electron chi connectivity index (χ1n) is 8.45. The van der Waals surface area contributed by atoms with Gasteiger partial charge in [0.25, 0.3) is 0 Å². The molecule has 1 unspecified atom stereocenters. The molecule has 144 valence electrons. The summed E-state index contributed by atoms with van der Waals surface area (Å²) in [5, 5.41) is 13.2. The van der Waals surface area contributed by atoms with Crippen LogP contribution in [0.2, 0.25) is 0 Å². The summed E-state index contributed by atoms with van der Waals surface area (Å²) in [5.41, 5.74) is -0.779. The molecule has 0 radical (unpaired) electrons. The van der Waals surface area contributed by atoms with E-state index in [9.17, 15) is 18.3 Å². The van der Waals surface area contributed by atoms with Crippen LogP contribution in [0.25, 0.3) is 0 Å². The molecule has 3 rings (SSSR count). The van der Waals surface area contributed by atoms with Gasteiger partial charge in [-0.2, -0.15) is 0 Å². The highest BCUT2D eigenvalue weighted by molar-refractivity contribution is 7.91. The van der Waals surface area contributed by atoms with E-state index in [2.05, 4.69) is 5.32 Å². The molecule has 0 fully saturated rings. The standard InChI is InChI=1S/C19H21NO6S/c1-19(22,14-7-8-16-17(11-14)26-13-25-16)12-20-18(21)9-10-27(23,24)15-5-3-2-4-6-15/h2-8,11,22H,9-10,12-13H2,1H3,(H,20,21). The lowest BCUT2D eigenvalue weighted by atomic mass is 9.95. The Morgan fingerprint density at radius 2 is 1.85 bits per heavy atom. The monoisotopic (exact) mass is 391 g/mol. The van der Waals surface area contributed by atoms with Crippen LogP contribution in [-0.2, 0) is 20.2 Å². The van der Waals surface area contributed by atoms with E-state index in [1.807, 2.05) is 0 Å². The molecule has 0 saturated carbocycles. The number of sulfone groups is 1. The van der Waals surface area contributed by atoms with Crippen molar-refractivity contribution in [2.45, 2.75) is 23.8 Å². The number of carbonyl (C=O) groups excluding carboxylic acids is 1. The van der Waals surface area contributed by atoms with Gasteiger partial charge in [-0.25, -0.2) is 8.42 Å². The lowest BCUT2D eigenvalue weighted by Gasteiger charge is -2.24. The van der Waals surface area contributed by atoms with Gasteiger partial charge in [-0.15, -0.1) is 0 Å². The van der Waals surface area contributed by atoms with E-state index >= 15 is 0 Å². The average molecular weight is 391 g/mol. The lowest BCUT2D eigenvalue weighted by molar-refractivity contribution is -0.121. The topological polar surface area (TPSA) is 102 Å². The number of ether oxygens (including phenoxy) is 2. The van der Waals surface area contributed by atoms with Crippen LogP contribution in [0, 0.1) is 0 Å². The smallest absolute Gasteiger partial charge is 0.231 e. The highest BCUT2D eigenvalue weighted by Crippen LogP contribution is 2.35. The Morgan fingerprint density at radius 3 is 2.59 bits per heavy atom. The van der Waals surface area contributed by atoms with Crippen molar-refractivity contribution in [1.29, 1.82) is 0 Å². The van der Waals surface area contributed by atoms with Crippen molar-refractivity contribution in [2.75, 3.05) is 19.1 Å². The van der Waals surface area contributed by atoms with Crippen LogP contribution in [0.15, 0.2) is 53.4 Å². The van der Waals surface area contributed by atoms with Gasteiger partial charge in [0.1, 0.15) is 5.60 Å². The molecule has 8 heteroatoms. The van der Waals surface area contributed by atoms with E-state index in [0.717, 1.165) is 0 Å². The first kappa shape index (κ1) is 19.2. The molecular formula is C19H21NO6S. The second-order valence-electron chi connectivity index (χ2n) is 6.50. The van der Waals surface area contributed by atoms with Crippen molar-refractivity contribution in [1.82, 2.24) is 5.32 Å². The molecule has 0 spiro atoms. The molecule has 2 N–H and O–H groups in total. The summed E-state index contributed by atoms with van der Waals surface area (Å²) in [4.78, 5) is 12.2. The van der Waals surface area contributed by atoms with Crippen molar-refractivity contribution in [3.8, 4) is 11.5 Å². The Morgan fingerprint density at radius 1 is 1.15 bits per heavy atom. The average Bonchev–Trinajstić information content (AvgIpc) is 3.13. The SMILES string of the molecule is CC(O)(CNC(=O)CCS(=O)(=O)c1ccccc1)c1ccc2c(c1)OCO2. The minimum atomic E-state index is -3.52. The molecule has 0 saturated heterocycles. The molecule has 27 heavy (non-hydrogen) atoms. The number of benzene rings is 2. The molecule has 1 heterocycles. The highest BCUT2D eigenvalue weighted by Gasteiger charge is 2.27. The van der Waals surface area contributed by atoms with Gasteiger partial charge in [0, 0.05) is 6.42 Å². The van der Waals surface area contributed by atoms with Crippen molar-refractivity contribution in [2.24, 2.45) is 0 Å². The fourth-order valence-electron chi connectivity index (χ4n) is 2.67. The van der Waals surface area contributed by atoms with E-state index in [4.69, 9.17) is 9.47 Å². The summed E-state index contributed by atoms with van der Waals surface area (Å²) in [7, 11) is -3.52. The number of hydrogen-bond donors (Lipinski definition) is 2. The van der Waals surface area contributed by atoms with Gasteiger partial charge in [0.05, 0.1) is 17.2 Å². The first-order chi connectivity index (χ1) is 12.8. The van der Waals surface area contributed by atoms with Crippen molar-refractivity contribution in [3.63, 3.8) is 0 Å². The van der Waals surface area contributed by atoms with E-state index < -0.39 is 21.3 Å². The van der Waals surface area contributed by atoms with Crippen LogP contribution in [0.4, 0.5) is 0 Å². The third-order valence-corrected chi connectivity index (χ3v) is 6.06. The van der Waals surface area contributed by atoms with Crippen LogP contribution < -0.4 is 14.8 Å². The molecule has 0 aliphatic carbocycles. The number of aliphatic hydroxyl groups is 1. The predicted octanol–water partition coefficient (Wildman–Crippen LogP) is 1.60. The molecule has 2 aromatic rings. The zero-order chi connectivity index (χ0) is 19.5. The largest absolute Gasteiger partial charge is 0.454 e. The maximum atomic E-state index is 12.2. The molecule has 0 bridgehead atoms. The van der Waals surface area contributed by atoms with E-state index in [0.29, 0.717) is 17.1 Å². The van der Waals surface area contributed by atoms with Crippen LogP contribution in [-0.4, -0.2) is 38.5 Å². The van der Waals surface area contributed by atoms with Gasteiger partial charge in [-0.1, -0.05) is 24.3 Å². The maximum Gasteiger partial charge on any atom is 0.231 e. The molecule has 2 aromatic carbocycles. The summed E-state index contributed by atoms with van der Waals surface area (Å²) in [6, 6.07) is 13.0. The summed E-state index contributed by atoms with van der Waals surface area (Å²) in [6.45, 7) is 1.63. The van der Waals surface area contributed by atoms with E-state index in [1.54, 1.807) is 43.3 Å². The Bertz CT molecular complexity index is 924. The van der Waals surface area contributed by atoms with Crippen molar-refractivity contribution >= 4 is 15.7 Å². The molecular weight excluding hydrogens is 370 g/mol. The van der Waals surface area contributed by atoms with Crippen LogP contribution >= 0.6 is 0 Å². The molecule has 1 atom stereocenters. The third kappa shape index (κ3) is 4.58. The number of amides is 1. The minimum Gasteiger partial charge on any atom is -0.454 e. The highest BCUT2D eigenvalue weighted by atomic mass is 32.2. The van der Waals surface area contributed by atoms with Gasteiger partial charge in [-0.05, 0) is 36.8 Å². The Kier molecular flexibility index (Phi) is 5.38. The maximum absolute atomic E-state index is 12.2. The fraction of sp³-hybridized carbons (Fsp3) is 0.316. The second kappa shape index (κ2) is 7.58. The van der Waals surface area contributed by atoms with E-state index in [1.165, 1.54) is 12.1 Å². The zero-order valence-corrected chi connectivity index (χ0v) is 15.7.